The topological polar surface area (TPSA) is 88.2 Å². The minimum Gasteiger partial charge on any atom is -0.490 e. The van der Waals surface area contributed by atoms with Crippen molar-refractivity contribution in [2.45, 2.75) is 56.8 Å². The van der Waals surface area contributed by atoms with Crippen molar-refractivity contribution in [3.63, 3.8) is 0 Å². The second kappa shape index (κ2) is 8.86. The van der Waals surface area contributed by atoms with Crippen LogP contribution in [0.3, 0.4) is 0 Å². The zero-order valence-corrected chi connectivity index (χ0v) is 18.4. The van der Waals surface area contributed by atoms with E-state index in [9.17, 15) is 14.4 Å². The number of carbonyl (C=O) groups excluding carboxylic acids is 3. The summed E-state index contributed by atoms with van der Waals surface area (Å²) in [6.45, 7) is 0.301. The molecule has 1 N–H and O–H groups in total. The first-order valence-electron chi connectivity index (χ1n) is 11.0. The first kappa shape index (κ1) is 21.6. The third kappa shape index (κ3) is 4.54. The summed E-state index contributed by atoms with van der Waals surface area (Å²) in [6.07, 6.45) is 4.25. The first-order valence-corrected chi connectivity index (χ1v) is 11.0. The highest BCUT2D eigenvalue weighted by atomic mass is 16.5. The van der Waals surface area contributed by atoms with Crippen LogP contribution < -0.4 is 10.1 Å². The molecular formula is C23H31N3O5. The lowest BCUT2D eigenvalue weighted by molar-refractivity contribution is -0.140. The van der Waals surface area contributed by atoms with Gasteiger partial charge >= 0.3 is 0 Å². The average Bonchev–Trinajstić information content (AvgIpc) is 2.69. The van der Waals surface area contributed by atoms with Crippen molar-refractivity contribution in [1.82, 2.24) is 9.80 Å². The Kier molecular flexibility index (Phi) is 6.18. The number of amides is 3. The largest absolute Gasteiger partial charge is 0.490 e. The van der Waals surface area contributed by atoms with Crippen LogP contribution in [0.15, 0.2) is 18.2 Å². The van der Waals surface area contributed by atoms with E-state index in [1.165, 1.54) is 0 Å². The van der Waals surface area contributed by atoms with Crippen molar-refractivity contribution < 1.29 is 23.9 Å². The Balaban J connectivity index is 1.48. The number of benzene rings is 1. The number of hydrogen-bond donors (Lipinski definition) is 1. The van der Waals surface area contributed by atoms with Crippen LogP contribution in [0.2, 0.25) is 0 Å². The molecule has 1 aromatic carbocycles. The summed E-state index contributed by atoms with van der Waals surface area (Å²) in [7, 11) is 5.25. The second-order valence-corrected chi connectivity index (χ2v) is 8.99. The van der Waals surface area contributed by atoms with Gasteiger partial charge in [-0.2, -0.15) is 0 Å². The summed E-state index contributed by atoms with van der Waals surface area (Å²) in [5, 5.41) is 2.93. The smallest absolute Gasteiger partial charge is 0.257 e. The van der Waals surface area contributed by atoms with Gasteiger partial charge in [-0.05, 0) is 43.9 Å². The Morgan fingerprint density at radius 3 is 2.65 bits per heavy atom. The van der Waals surface area contributed by atoms with Gasteiger partial charge < -0.3 is 24.6 Å². The minimum atomic E-state index is -0.297. The molecule has 1 aromatic rings. The number of carbonyl (C=O) groups is 3. The molecule has 0 radical (unpaired) electrons. The Hall–Kier alpha value is -2.61. The maximum Gasteiger partial charge on any atom is 0.257 e. The molecule has 2 heterocycles. The third-order valence-electron chi connectivity index (χ3n) is 6.66. The zero-order chi connectivity index (χ0) is 22.1. The van der Waals surface area contributed by atoms with Gasteiger partial charge in [0, 0.05) is 32.7 Å². The fourth-order valence-electron chi connectivity index (χ4n) is 4.40. The number of rotatable bonds is 4. The highest BCUT2D eigenvalue weighted by Gasteiger charge is 2.39. The quantitative estimate of drug-likeness (QED) is 0.793. The van der Waals surface area contributed by atoms with E-state index < -0.39 is 0 Å². The maximum absolute atomic E-state index is 13.2. The number of likely N-dealkylation sites (N-methyl/N-ethyl adjacent to an activating group) is 1. The van der Waals surface area contributed by atoms with Crippen LogP contribution in [0, 0.1) is 5.92 Å². The molecule has 1 saturated heterocycles. The van der Waals surface area contributed by atoms with Crippen LogP contribution in [0.4, 0.5) is 5.69 Å². The van der Waals surface area contributed by atoms with Crippen molar-refractivity contribution >= 4 is 23.4 Å². The molecule has 0 spiro atoms. The number of hydrogen-bond acceptors (Lipinski definition) is 5. The van der Waals surface area contributed by atoms with Crippen LogP contribution >= 0.6 is 0 Å². The normalized spacial score (nSPS) is 25.8. The summed E-state index contributed by atoms with van der Waals surface area (Å²) >= 11 is 0. The number of nitrogens with one attached hydrogen (secondary N) is 1. The molecule has 0 bridgehead atoms. The van der Waals surface area contributed by atoms with Crippen LogP contribution in [-0.2, 0) is 14.3 Å². The Bertz CT molecular complexity index is 867. The number of fused-ring (bicyclic) bond motifs is 2. The van der Waals surface area contributed by atoms with E-state index in [1.54, 1.807) is 49.1 Å². The lowest BCUT2D eigenvalue weighted by atomic mass is 9.85. The predicted octanol–water partition coefficient (Wildman–Crippen LogP) is 2.28. The molecule has 2 aliphatic heterocycles. The molecule has 3 amide bonds. The molecule has 1 saturated carbocycles. The number of nitrogens with zero attached hydrogens (tertiary/aromatic N) is 2. The molecule has 3 atom stereocenters. The van der Waals surface area contributed by atoms with Crippen LogP contribution in [0.25, 0.3) is 0 Å². The van der Waals surface area contributed by atoms with Crippen LogP contribution in [0.5, 0.6) is 5.75 Å². The fourth-order valence-corrected chi connectivity index (χ4v) is 4.40. The minimum absolute atomic E-state index is 0.0119. The summed E-state index contributed by atoms with van der Waals surface area (Å²) in [4.78, 5) is 40.9. The summed E-state index contributed by atoms with van der Waals surface area (Å²) in [6, 6.07) is 5.07. The monoisotopic (exact) mass is 429 g/mol. The van der Waals surface area contributed by atoms with E-state index in [0.717, 1.165) is 25.7 Å². The highest BCUT2D eigenvalue weighted by Crippen LogP contribution is 2.33. The van der Waals surface area contributed by atoms with E-state index in [4.69, 9.17) is 9.47 Å². The lowest BCUT2D eigenvalue weighted by Gasteiger charge is -2.42. The average molecular weight is 430 g/mol. The van der Waals surface area contributed by atoms with Gasteiger partial charge in [0.05, 0.1) is 24.1 Å². The Morgan fingerprint density at radius 2 is 1.97 bits per heavy atom. The van der Waals surface area contributed by atoms with Crippen LogP contribution in [0.1, 0.15) is 48.9 Å². The molecule has 31 heavy (non-hydrogen) atoms. The lowest BCUT2D eigenvalue weighted by Crippen LogP contribution is -2.53. The fraction of sp³-hybridized carbons (Fsp3) is 0.609. The summed E-state index contributed by atoms with van der Waals surface area (Å²) in [5.74, 6) is 0.436. The van der Waals surface area contributed by atoms with Crippen molar-refractivity contribution in [3.8, 4) is 5.75 Å². The third-order valence-corrected chi connectivity index (χ3v) is 6.66. The second-order valence-electron chi connectivity index (χ2n) is 8.99. The van der Waals surface area contributed by atoms with Gasteiger partial charge in [0.15, 0.2) is 0 Å². The van der Waals surface area contributed by atoms with Crippen molar-refractivity contribution in [1.29, 1.82) is 0 Å². The molecule has 0 unspecified atom stereocenters. The molecule has 2 fully saturated rings. The van der Waals surface area contributed by atoms with E-state index in [-0.39, 0.29) is 41.9 Å². The van der Waals surface area contributed by atoms with Gasteiger partial charge in [0.25, 0.3) is 5.91 Å². The van der Waals surface area contributed by atoms with E-state index in [2.05, 4.69) is 5.32 Å². The molecule has 0 aromatic heterocycles. The van der Waals surface area contributed by atoms with E-state index >= 15 is 0 Å². The van der Waals surface area contributed by atoms with Crippen molar-refractivity contribution in [3.05, 3.63) is 23.8 Å². The zero-order valence-electron chi connectivity index (χ0n) is 18.4. The molecule has 8 nitrogen and oxygen atoms in total. The number of ether oxygens (including phenoxy) is 2. The molecule has 3 aliphatic rings. The maximum atomic E-state index is 13.2. The van der Waals surface area contributed by atoms with Gasteiger partial charge in [-0.1, -0.05) is 6.42 Å². The van der Waals surface area contributed by atoms with Gasteiger partial charge in [-0.25, -0.2) is 0 Å². The standard InChI is InChI=1S/C23H31N3O5/c1-25(2)21(27)12-16-8-9-18-20(31-16)13-30-19-10-7-15(11-17(19)23(29)26(18)3)24-22(28)14-5-4-6-14/h7,10-11,14,16,18,20H,4-6,8-9,12-13H2,1-3H3,(H,24,28)/t16-,18-,20-/m1/s1. The van der Waals surface area contributed by atoms with E-state index in [1.807, 2.05) is 0 Å². The first-order chi connectivity index (χ1) is 14.8. The molecule has 1 aliphatic carbocycles. The Morgan fingerprint density at radius 1 is 1.19 bits per heavy atom. The van der Waals surface area contributed by atoms with Crippen molar-refractivity contribution in [2.75, 3.05) is 33.1 Å². The van der Waals surface area contributed by atoms with Gasteiger partial charge in [-0.3, -0.25) is 14.4 Å². The number of anilines is 1. The molecular weight excluding hydrogens is 398 g/mol. The highest BCUT2D eigenvalue weighted by molar-refractivity contribution is 6.00. The van der Waals surface area contributed by atoms with Gasteiger partial charge in [0.1, 0.15) is 18.5 Å². The van der Waals surface area contributed by atoms with Crippen LogP contribution in [-0.4, -0.2) is 73.5 Å². The molecule has 4 rings (SSSR count). The van der Waals surface area contributed by atoms with Gasteiger partial charge in [-0.15, -0.1) is 0 Å². The molecule has 168 valence electrons. The van der Waals surface area contributed by atoms with Crippen molar-refractivity contribution in [2.24, 2.45) is 5.92 Å². The predicted molar refractivity (Wildman–Crippen MR) is 115 cm³/mol. The SMILES string of the molecule is CN(C)C(=O)C[C@H]1CC[C@@H]2[C@@H](COc3ccc(NC(=O)C4CCC4)cc3C(=O)N2C)O1. The Labute approximate surface area is 182 Å². The summed E-state index contributed by atoms with van der Waals surface area (Å²) in [5.41, 5.74) is 1.05. The summed E-state index contributed by atoms with van der Waals surface area (Å²) < 4.78 is 12.2. The van der Waals surface area contributed by atoms with E-state index in [0.29, 0.717) is 36.4 Å². The van der Waals surface area contributed by atoms with Gasteiger partial charge in [0.2, 0.25) is 11.8 Å². The molecule has 8 heteroatoms.